The third-order valence-electron chi connectivity index (χ3n) is 4.99. The van der Waals surface area contributed by atoms with E-state index < -0.39 is 0 Å². The van der Waals surface area contributed by atoms with E-state index in [2.05, 4.69) is 24.5 Å². The number of aromatic nitrogens is 2. The number of carbonyl (C=O) groups is 1. The Labute approximate surface area is 153 Å². The van der Waals surface area contributed by atoms with Crippen molar-refractivity contribution >= 4 is 22.6 Å². The summed E-state index contributed by atoms with van der Waals surface area (Å²) in [6.07, 6.45) is 0.479. The number of para-hydroxylation sites is 2. The quantitative estimate of drug-likeness (QED) is 0.711. The molecule has 5 nitrogen and oxygen atoms in total. The van der Waals surface area contributed by atoms with E-state index in [-0.39, 0.29) is 11.8 Å². The van der Waals surface area contributed by atoms with E-state index >= 15 is 0 Å². The summed E-state index contributed by atoms with van der Waals surface area (Å²) in [6, 6.07) is 16.1. The highest BCUT2D eigenvalue weighted by Crippen LogP contribution is 2.35. The third-order valence-corrected chi connectivity index (χ3v) is 4.99. The van der Waals surface area contributed by atoms with Crippen LogP contribution in [-0.4, -0.2) is 29.1 Å². The molecule has 1 saturated heterocycles. The highest BCUT2D eigenvalue weighted by atomic mass is 16.5. The van der Waals surface area contributed by atoms with Crippen molar-refractivity contribution in [2.75, 3.05) is 18.6 Å². The van der Waals surface area contributed by atoms with Crippen LogP contribution in [0.5, 0.6) is 5.75 Å². The number of rotatable bonds is 4. The molecule has 5 heteroatoms. The summed E-state index contributed by atoms with van der Waals surface area (Å²) in [7, 11) is 1.64. The van der Waals surface area contributed by atoms with Crippen LogP contribution < -0.4 is 9.64 Å². The van der Waals surface area contributed by atoms with Gasteiger partial charge in [0.1, 0.15) is 11.6 Å². The number of benzene rings is 2. The summed E-state index contributed by atoms with van der Waals surface area (Å²) >= 11 is 0. The molecular formula is C21H23N3O2. The van der Waals surface area contributed by atoms with Crippen LogP contribution in [0.3, 0.4) is 0 Å². The maximum Gasteiger partial charge on any atom is 0.227 e. The fourth-order valence-electron chi connectivity index (χ4n) is 3.80. The Morgan fingerprint density at radius 2 is 1.96 bits per heavy atom. The van der Waals surface area contributed by atoms with Crippen molar-refractivity contribution < 1.29 is 9.53 Å². The molecule has 26 heavy (non-hydrogen) atoms. The summed E-state index contributed by atoms with van der Waals surface area (Å²) in [5.74, 6) is 1.97. The highest BCUT2D eigenvalue weighted by molar-refractivity contribution is 5.96. The fraction of sp³-hybridized carbons (Fsp3) is 0.333. The van der Waals surface area contributed by atoms with Gasteiger partial charge >= 0.3 is 0 Å². The van der Waals surface area contributed by atoms with Gasteiger partial charge in [0.2, 0.25) is 5.91 Å². The monoisotopic (exact) mass is 349 g/mol. The number of methoxy groups -OCH3 is 1. The molecule has 1 amide bonds. The molecule has 134 valence electrons. The molecule has 0 bridgehead atoms. The lowest BCUT2D eigenvalue weighted by atomic mass is 10.1. The molecule has 0 spiro atoms. The molecule has 0 radical (unpaired) electrons. The zero-order chi connectivity index (χ0) is 18.3. The maximum absolute atomic E-state index is 12.7. The van der Waals surface area contributed by atoms with Crippen molar-refractivity contribution in [2.24, 2.45) is 0 Å². The molecule has 1 aliphatic rings. The average molecular weight is 349 g/mol. The number of hydrogen-bond acceptors (Lipinski definition) is 3. The van der Waals surface area contributed by atoms with E-state index in [0.717, 1.165) is 28.3 Å². The molecule has 1 aliphatic heterocycles. The number of nitrogens with zero attached hydrogens (tertiary/aromatic N) is 3. The van der Waals surface area contributed by atoms with E-state index in [9.17, 15) is 4.79 Å². The van der Waals surface area contributed by atoms with Crippen LogP contribution in [0, 0.1) is 0 Å². The standard InChI is InChI=1S/C21H23N3O2/c1-14(2)24-19-10-5-4-9-18(19)22-21(24)15-11-20(25)23(13-15)16-7-6-8-17(12-16)26-3/h4-10,12,14-15H,11,13H2,1-3H3/t15-/m1/s1. The molecule has 3 aromatic rings. The van der Waals surface area contributed by atoms with Gasteiger partial charge in [-0.05, 0) is 38.1 Å². The Balaban J connectivity index is 1.71. The minimum Gasteiger partial charge on any atom is -0.497 e. The number of ether oxygens (including phenoxy) is 1. The first-order valence-corrected chi connectivity index (χ1v) is 8.99. The summed E-state index contributed by atoms with van der Waals surface area (Å²) in [5, 5.41) is 0. The SMILES string of the molecule is COc1cccc(N2C[C@H](c3nc4ccccc4n3C(C)C)CC2=O)c1. The van der Waals surface area contributed by atoms with Crippen LogP contribution in [0.1, 0.15) is 38.1 Å². The van der Waals surface area contributed by atoms with Crippen LogP contribution in [0.4, 0.5) is 5.69 Å². The number of imidazole rings is 1. The Morgan fingerprint density at radius 1 is 1.15 bits per heavy atom. The summed E-state index contributed by atoms with van der Waals surface area (Å²) < 4.78 is 7.56. The van der Waals surface area contributed by atoms with Crippen molar-refractivity contribution in [1.82, 2.24) is 9.55 Å². The highest BCUT2D eigenvalue weighted by Gasteiger charge is 2.35. The first-order valence-electron chi connectivity index (χ1n) is 8.99. The predicted molar refractivity (Wildman–Crippen MR) is 103 cm³/mol. The molecule has 0 aliphatic carbocycles. The van der Waals surface area contributed by atoms with Crippen LogP contribution >= 0.6 is 0 Å². The molecule has 0 unspecified atom stereocenters. The number of anilines is 1. The molecule has 4 rings (SSSR count). The Kier molecular flexibility index (Phi) is 4.15. The summed E-state index contributed by atoms with van der Waals surface area (Å²) in [5.41, 5.74) is 3.00. The zero-order valence-electron chi connectivity index (χ0n) is 15.3. The Hall–Kier alpha value is -2.82. The van der Waals surface area contributed by atoms with E-state index in [4.69, 9.17) is 9.72 Å². The zero-order valence-corrected chi connectivity index (χ0v) is 15.3. The van der Waals surface area contributed by atoms with Gasteiger partial charge in [0.25, 0.3) is 0 Å². The molecule has 2 aromatic carbocycles. The lowest BCUT2D eigenvalue weighted by Gasteiger charge is -2.19. The van der Waals surface area contributed by atoms with E-state index in [1.165, 1.54) is 0 Å². The lowest BCUT2D eigenvalue weighted by molar-refractivity contribution is -0.117. The van der Waals surface area contributed by atoms with Gasteiger partial charge in [-0.3, -0.25) is 4.79 Å². The molecule has 0 N–H and O–H groups in total. The molecule has 1 aromatic heterocycles. The Morgan fingerprint density at radius 3 is 2.73 bits per heavy atom. The maximum atomic E-state index is 12.7. The Bertz CT molecular complexity index is 961. The molecule has 1 atom stereocenters. The smallest absolute Gasteiger partial charge is 0.227 e. The van der Waals surface area contributed by atoms with Crippen molar-refractivity contribution in [1.29, 1.82) is 0 Å². The van der Waals surface area contributed by atoms with Gasteiger partial charge in [0.05, 0.1) is 18.1 Å². The summed E-state index contributed by atoms with van der Waals surface area (Å²) in [6.45, 7) is 4.96. The van der Waals surface area contributed by atoms with E-state index in [1.807, 2.05) is 47.4 Å². The van der Waals surface area contributed by atoms with Gasteiger partial charge < -0.3 is 14.2 Å². The second-order valence-electron chi connectivity index (χ2n) is 7.03. The predicted octanol–water partition coefficient (Wildman–Crippen LogP) is 4.15. The number of fused-ring (bicyclic) bond motifs is 1. The molecule has 2 heterocycles. The molecule has 1 fully saturated rings. The van der Waals surface area contributed by atoms with Gasteiger partial charge in [-0.15, -0.1) is 0 Å². The molecule has 0 saturated carbocycles. The first-order chi connectivity index (χ1) is 12.6. The lowest BCUT2D eigenvalue weighted by Crippen LogP contribution is -2.24. The fourth-order valence-corrected chi connectivity index (χ4v) is 3.80. The van der Waals surface area contributed by atoms with Gasteiger partial charge in [-0.2, -0.15) is 0 Å². The largest absolute Gasteiger partial charge is 0.497 e. The first kappa shape index (κ1) is 16.6. The van der Waals surface area contributed by atoms with Crippen LogP contribution in [-0.2, 0) is 4.79 Å². The molecular weight excluding hydrogens is 326 g/mol. The van der Waals surface area contributed by atoms with E-state index in [0.29, 0.717) is 19.0 Å². The van der Waals surface area contributed by atoms with Crippen molar-refractivity contribution in [3.63, 3.8) is 0 Å². The van der Waals surface area contributed by atoms with Crippen LogP contribution in [0.25, 0.3) is 11.0 Å². The number of amides is 1. The number of hydrogen-bond donors (Lipinski definition) is 0. The van der Waals surface area contributed by atoms with Crippen LogP contribution in [0.2, 0.25) is 0 Å². The van der Waals surface area contributed by atoms with Gasteiger partial charge in [0.15, 0.2) is 0 Å². The number of carbonyl (C=O) groups excluding carboxylic acids is 1. The average Bonchev–Trinajstić information content (AvgIpc) is 3.22. The second kappa shape index (κ2) is 6.48. The van der Waals surface area contributed by atoms with Crippen molar-refractivity contribution in [2.45, 2.75) is 32.2 Å². The minimum atomic E-state index is 0.0866. The normalized spacial score (nSPS) is 17.5. The van der Waals surface area contributed by atoms with Gasteiger partial charge in [-0.1, -0.05) is 18.2 Å². The minimum absolute atomic E-state index is 0.0866. The van der Waals surface area contributed by atoms with Gasteiger partial charge in [-0.25, -0.2) is 4.98 Å². The second-order valence-corrected chi connectivity index (χ2v) is 7.03. The van der Waals surface area contributed by atoms with Crippen LogP contribution in [0.15, 0.2) is 48.5 Å². The third kappa shape index (κ3) is 2.73. The van der Waals surface area contributed by atoms with E-state index in [1.54, 1.807) is 7.11 Å². The summed E-state index contributed by atoms with van der Waals surface area (Å²) in [4.78, 5) is 19.4. The van der Waals surface area contributed by atoms with Gasteiger partial charge in [0, 0.05) is 36.7 Å². The van der Waals surface area contributed by atoms with Crippen molar-refractivity contribution in [3.8, 4) is 5.75 Å². The van der Waals surface area contributed by atoms with Crippen molar-refractivity contribution in [3.05, 3.63) is 54.4 Å². The topological polar surface area (TPSA) is 47.4 Å².